The van der Waals surface area contributed by atoms with Gasteiger partial charge in [-0.1, -0.05) is 0 Å². The van der Waals surface area contributed by atoms with E-state index in [4.69, 9.17) is 0 Å². The van der Waals surface area contributed by atoms with Crippen molar-refractivity contribution in [1.82, 2.24) is 4.90 Å². The lowest BCUT2D eigenvalue weighted by molar-refractivity contribution is -1.92. The first-order valence-electron chi connectivity index (χ1n) is 4.38. The van der Waals surface area contributed by atoms with Gasteiger partial charge in [0, 0.05) is 22.6 Å². The molecule has 3 rings (SSSR count). The minimum absolute atomic E-state index is 0.448. The van der Waals surface area contributed by atoms with E-state index in [-0.39, 0.29) is 0 Å². The summed E-state index contributed by atoms with van der Waals surface area (Å²) in [6.45, 7) is 1.74. The van der Waals surface area contributed by atoms with Crippen LogP contribution in [-0.4, -0.2) is 24.2 Å². The molecule has 0 aromatic rings. The molecule has 0 amide bonds. The topological polar surface area (TPSA) is 81.6 Å². The molecule has 0 spiro atoms. The largest absolute Gasteiger partial charge is 0.375 e. The standard InChI is InChI=1S/C7H12INO4/c10-8(11,12)13-7-5-6-1-3-9(7)4-2-6/h6-7H,1-5H2. The van der Waals surface area contributed by atoms with Gasteiger partial charge in [-0.3, -0.25) is 15.2 Å². The van der Waals surface area contributed by atoms with Gasteiger partial charge in [-0.2, -0.15) is 0 Å². The summed E-state index contributed by atoms with van der Waals surface area (Å²) in [5.74, 6) is 0.554. The Morgan fingerprint density at radius 1 is 1.15 bits per heavy atom. The Morgan fingerprint density at radius 3 is 2.15 bits per heavy atom. The molecule has 0 aromatic heterocycles. The summed E-state index contributed by atoms with van der Waals surface area (Å²) in [5, 5.41) is 0. The maximum absolute atomic E-state index is 10.5. The summed E-state index contributed by atoms with van der Waals surface area (Å²) >= 11 is -5.47. The molecule has 3 saturated heterocycles. The normalized spacial score (nSPS) is 39.5. The van der Waals surface area contributed by atoms with Crippen LogP contribution in [0.5, 0.6) is 0 Å². The van der Waals surface area contributed by atoms with E-state index in [2.05, 4.69) is 3.07 Å². The van der Waals surface area contributed by atoms with Crippen LogP contribution in [0.15, 0.2) is 0 Å². The number of fused-ring (bicyclic) bond motifs is 3. The van der Waals surface area contributed by atoms with E-state index in [0.29, 0.717) is 12.3 Å². The number of nitrogens with zero attached hydrogens (tertiary/aromatic N) is 1. The molecular weight excluding hydrogens is 289 g/mol. The van der Waals surface area contributed by atoms with E-state index >= 15 is 0 Å². The minimum atomic E-state index is -5.47. The van der Waals surface area contributed by atoms with Crippen molar-refractivity contribution in [3.8, 4) is 0 Å². The lowest BCUT2D eigenvalue weighted by Crippen LogP contribution is -4.24. The van der Waals surface area contributed by atoms with Crippen LogP contribution in [0.2, 0.25) is 0 Å². The van der Waals surface area contributed by atoms with Gasteiger partial charge in [0.05, 0.1) is 0 Å². The lowest BCUT2D eigenvalue weighted by atomic mass is 9.87. The van der Waals surface area contributed by atoms with E-state index in [1.54, 1.807) is 0 Å². The number of hydrogen-bond acceptors (Lipinski definition) is 5. The third-order valence-electron chi connectivity index (χ3n) is 2.80. The zero-order valence-electron chi connectivity index (χ0n) is 7.15. The second kappa shape index (κ2) is 3.59. The van der Waals surface area contributed by atoms with Crippen LogP contribution in [0.4, 0.5) is 0 Å². The lowest BCUT2D eigenvalue weighted by Gasteiger charge is -2.41. The monoisotopic (exact) mass is 301 g/mol. The van der Waals surface area contributed by atoms with Crippen LogP contribution >= 0.6 is 0 Å². The van der Waals surface area contributed by atoms with E-state index in [1.165, 1.54) is 0 Å². The Balaban J connectivity index is 1.94. The van der Waals surface area contributed by atoms with Gasteiger partial charge in [-0.15, -0.1) is 0 Å². The number of rotatable bonds is 2. The molecule has 6 heteroatoms. The number of hydrogen-bond donors (Lipinski definition) is 0. The molecule has 3 fully saturated rings. The van der Waals surface area contributed by atoms with Gasteiger partial charge in [-0.25, -0.2) is 0 Å². The Morgan fingerprint density at radius 2 is 1.77 bits per heavy atom. The van der Waals surface area contributed by atoms with Gasteiger partial charge in [0.25, 0.3) is 0 Å². The van der Waals surface area contributed by atoms with Crippen LogP contribution < -0.4 is 30.4 Å². The van der Waals surface area contributed by atoms with E-state index in [9.17, 15) is 10.3 Å². The fourth-order valence-electron chi connectivity index (χ4n) is 2.13. The van der Waals surface area contributed by atoms with Crippen molar-refractivity contribution in [1.29, 1.82) is 0 Å². The third-order valence-corrected chi connectivity index (χ3v) is 4.01. The molecule has 1 atom stereocenters. The maximum atomic E-state index is 10.5. The highest BCUT2D eigenvalue weighted by Crippen LogP contribution is 2.31. The quantitative estimate of drug-likeness (QED) is 0.475. The molecule has 0 N–H and O–H groups in total. The molecule has 76 valence electrons. The highest BCUT2D eigenvalue weighted by atomic mass is 127. The van der Waals surface area contributed by atoms with Crippen molar-refractivity contribution in [3.05, 3.63) is 0 Å². The van der Waals surface area contributed by atoms with Gasteiger partial charge in [-0.05, 0) is 18.8 Å². The van der Waals surface area contributed by atoms with Gasteiger partial charge in [0.1, 0.15) is 0 Å². The highest BCUT2D eigenvalue weighted by molar-refractivity contribution is 4.82. The first-order valence-corrected chi connectivity index (χ1v) is 7.90. The predicted molar refractivity (Wildman–Crippen MR) is 33.8 cm³/mol. The smallest absolute Gasteiger partial charge is 0.267 e. The molecule has 0 aliphatic carbocycles. The van der Waals surface area contributed by atoms with Crippen molar-refractivity contribution in [3.63, 3.8) is 0 Å². The van der Waals surface area contributed by atoms with Crippen molar-refractivity contribution < 1.29 is 33.5 Å². The summed E-state index contributed by atoms with van der Waals surface area (Å²) in [6.07, 6.45) is 2.47. The minimum Gasteiger partial charge on any atom is -0.267 e. The molecule has 3 aliphatic heterocycles. The molecule has 3 heterocycles. The first-order chi connectivity index (χ1) is 6.04. The van der Waals surface area contributed by atoms with E-state index < -0.39 is 26.3 Å². The number of halogens is 1. The van der Waals surface area contributed by atoms with Crippen molar-refractivity contribution in [2.75, 3.05) is 13.1 Å². The molecule has 1 unspecified atom stereocenters. The molecular formula is C7H12INO4. The van der Waals surface area contributed by atoms with Crippen LogP contribution in [0.25, 0.3) is 0 Å². The van der Waals surface area contributed by atoms with Gasteiger partial charge in [0.15, 0.2) is 0 Å². The SMILES string of the molecule is [O-][I+3]([O-])([O-])OC1CC2CCN1CC2. The Bertz CT molecular complexity index is 187. The Kier molecular flexibility index (Phi) is 2.78. The van der Waals surface area contributed by atoms with Crippen molar-refractivity contribution in [2.24, 2.45) is 5.92 Å². The first kappa shape index (κ1) is 10.1. The summed E-state index contributed by atoms with van der Waals surface area (Å²) in [7, 11) is 0. The predicted octanol–water partition coefficient (Wildman–Crippen LogP) is -5.65. The zero-order valence-corrected chi connectivity index (χ0v) is 9.31. The fourth-order valence-corrected chi connectivity index (χ4v) is 3.38. The second-order valence-corrected chi connectivity index (χ2v) is 6.30. The van der Waals surface area contributed by atoms with Crippen molar-refractivity contribution >= 4 is 0 Å². The summed E-state index contributed by atoms with van der Waals surface area (Å²) < 4.78 is 36.0. The summed E-state index contributed by atoms with van der Waals surface area (Å²) in [4.78, 5) is 1.95. The highest BCUT2D eigenvalue weighted by Gasteiger charge is 2.44. The molecule has 0 aromatic carbocycles. The Hall–Kier alpha value is 0.530. The zero-order chi connectivity index (χ0) is 9.47. The van der Waals surface area contributed by atoms with Crippen LogP contribution in [-0.2, 0) is 3.07 Å². The molecule has 13 heavy (non-hydrogen) atoms. The average Bonchev–Trinajstić information content (AvgIpc) is 2.03. The fraction of sp³-hybridized carbons (Fsp3) is 1.00. The van der Waals surface area contributed by atoms with Gasteiger partial charge < -0.3 is 0 Å². The van der Waals surface area contributed by atoms with Gasteiger partial charge in [0.2, 0.25) is 6.23 Å². The molecule has 3 aliphatic rings. The van der Waals surface area contributed by atoms with Crippen LogP contribution in [0.1, 0.15) is 19.3 Å². The molecule has 0 saturated carbocycles. The molecule has 5 nitrogen and oxygen atoms in total. The van der Waals surface area contributed by atoms with Crippen LogP contribution in [0.3, 0.4) is 0 Å². The molecule has 2 bridgehead atoms. The van der Waals surface area contributed by atoms with Crippen molar-refractivity contribution in [2.45, 2.75) is 25.5 Å². The van der Waals surface area contributed by atoms with Crippen LogP contribution in [0, 0.1) is 5.92 Å². The second-order valence-electron chi connectivity index (χ2n) is 3.64. The Labute approximate surface area is 83.0 Å². The van der Waals surface area contributed by atoms with Gasteiger partial charge >= 0.3 is 20.1 Å². The maximum Gasteiger partial charge on any atom is 0.375 e. The third kappa shape index (κ3) is 2.51. The van der Waals surface area contributed by atoms with E-state index in [1.807, 2.05) is 4.90 Å². The van der Waals surface area contributed by atoms with E-state index in [0.717, 1.165) is 25.9 Å². The summed E-state index contributed by atoms with van der Waals surface area (Å²) in [6, 6.07) is 0. The molecule has 0 radical (unpaired) electrons. The summed E-state index contributed by atoms with van der Waals surface area (Å²) in [5.41, 5.74) is 0. The number of piperidine rings is 3. The average molecular weight is 301 g/mol.